The Kier molecular flexibility index (Phi) is 5.60. The molecular weight excluding hydrogens is 320 g/mol. The van der Waals surface area contributed by atoms with E-state index in [0.717, 1.165) is 31.6 Å². The van der Waals surface area contributed by atoms with Crippen LogP contribution in [-0.4, -0.2) is 63.9 Å². The quantitative estimate of drug-likeness (QED) is 0.853. The van der Waals surface area contributed by atoms with Gasteiger partial charge in [0.2, 0.25) is 11.9 Å². The number of aryl methyl sites for hydroxylation is 1. The molecule has 0 radical (unpaired) electrons. The number of tetrazole rings is 1. The number of hydrogen-bond acceptors (Lipinski definition) is 6. The van der Waals surface area contributed by atoms with Crippen LogP contribution in [0.4, 0.5) is 5.95 Å². The molecule has 1 aliphatic heterocycles. The highest BCUT2D eigenvalue weighted by Crippen LogP contribution is 2.18. The van der Waals surface area contributed by atoms with E-state index in [0.29, 0.717) is 19.0 Å². The van der Waals surface area contributed by atoms with Crippen molar-refractivity contribution < 1.29 is 9.53 Å². The third kappa shape index (κ3) is 4.33. The third-order valence-electron chi connectivity index (χ3n) is 4.45. The van der Waals surface area contributed by atoms with Gasteiger partial charge < -0.3 is 15.0 Å². The largest absolute Gasteiger partial charge is 0.384 e. The van der Waals surface area contributed by atoms with Crippen LogP contribution in [-0.2, 0) is 9.53 Å². The maximum absolute atomic E-state index is 12.0. The number of piperidine rings is 1. The Balaban J connectivity index is 1.57. The lowest BCUT2D eigenvalue weighted by Crippen LogP contribution is -2.42. The maximum atomic E-state index is 12.0. The monoisotopic (exact) mass is 344 g/mol. The summed E-state index contributed by atoms with van der Waals surface area (Å²) in [6.07, 6.45) is 2.19. The minimum atomic E-state index is 0.157. The second-order valence-corrected chi connectivity index (χ2v) is 6.29. The highest BCUT2D eigenvalue weighted by atomic mass is 16.5. The minimum Gasteiger partial charge on any atom is -0.384 e. The lowest BCUT2D eigenvalue weighted by atomic mass is 10.0. The Morgan fingerprint density at radius 1 is 1.28 bits per heavy atom. The zero-order valence-corrected chi connectivity index (χ0v) is 14.7. The number of hydrogen-bond donors (Lipinski definition) is 1. The second-order valence-electron chi connectivity index (χ2n) is 6.29. The van der Waals surface area contributed by atoms with Gasteiger partial charge in [0, 0.05) is 26.2 Å². The number of benzene rings is 1. The van der Waals surface area contributed by atoms with Crippen molar-refractivity contribution in [3.63, 3.8) is 0 Å². The number of amides is 1. The molecule has 1 amide bonds. The molecule has 2 aromatic rings. The lowest BCUT2D eigenvalue weighted by Gasteiger charge is -2.32. The molecule has 1 saturated heterocycles. The first-order chi connectivity index (χ1) is 12.2. The van der Waals surface area contributed by atoms with Gasteiger partial charge in [0.25, 0.3) is 0 Å². The Labute approximate surface area is 147 Å². The van der Waals surface area contributed by atoms with Crippen molar-refractivity contribution in [3.05, 3.63) is 29.8 Å². The van der Waals surface area contributed by atoms with Crippen molar-refractivity contribution in [2.45, 2.75) is 32.2 Å². The summed E-state index contributed by atoms with van der Waals surface area (Å²) in [5.74, 6) is 0.790. The van der Waals surface area contributed by atoms with Gasteiger partial charge in [-0.15, -0.1) is 0 Å². The fourth-order valence-electron chi connectivity index (χ4n) is 2.94. The van der Waals surface area contributed by atoms with Gasteiger partial charge in [-0.05, 0) is 42.3 Å². The number of nitrogens with zero attached hydrogens (tertiary/aromatic N) is 5. The molecule has 3 rings (SSSR count). The molecule has 1 aliphatic rings. The standard InChI is InChI=1S/C17H24N6O2/c1-13-3-5-15(6-4-13)23-17(19-20-21-23)18-14-7-10-22(11-8-14)16(24)9-12-25-2/h3-6,14H,7-12H2,1-2H3,(H,18,19,21). The van der Waals surface area contributed by atoms with E-state index in [-0.39, 0.29) is 11.9 Å². The first-order valence-electron chi connectivity index (χ1n) is 8.56. The van der Waals surface area contributed by atoms with Crippen LogP contribution in [0.15, 0.2) is 24.3 Å². The predicted molar refractivity (Wildman–Crippen MR) is 93.6 cm³/mol. The van der Waals surface area contributed by atoms with Crippen LogP contribution in [0.25, 0.3) is 5.69 Å². The van der Waals surface area contributed by atoms with Crippen molar-refractivity contribution in [3.8, 4) is 5.69 Å². The van der Waals surface area contributed by atoms with Crippen molar-refractivity contribution in [1.29, 1.82) is 0 Å². The molecule has 0 aliphatic carbocycles. The number of ether oxygens (including phenoxy) is 1. The summed E-state index contributed by atoms with van der Waals surface area (Å²) in [5.41, 5.74) is 2.11. The summed E-state index contributed by atoms with van der Waals surface area (Å²) < 4.78 is 6.68. The van der Waals surface area contributed by atoms with Crippen LogP contribution >= 0.6 is 0 Å². The number of carbonyl (C=O) groups is 1. The summed E-state index contributed by atoms with van der Waals surface area (Å²) in [7, 11) is 1.61. The average molecular weight is 344 g/mol. The lowest BCUT2D eigenvalue weighted by molar-refractivity contribution is -0.133. The van der Waals surface area contributed by atoms with E-state index in [1.54, 1.807) is 11.8 Å². The van der Waals surface area contributed by atoms with E-state index < -0.39 is 0 Å². The molecule has 1 N–H and O–H groups in total. The molecule has 0 saturated carbocycles. The van der Waals surface area contributed by atoms with Gasteiger partial charge in [-0.25, -0.2) is 0 Å². The van der Waals surface area contributed by atoms with Crippen molar-refractivity contribution in [1.82, 2.24) is 25.1 Å². The first kappa shape index (κ1) is 17.3. The first-order valence-corrected chi connectivity index (χ1v) is 8.56. The Morgan fingerprint density at radius 2 is 2.00 bits per heavy atom. The van der Waals surface area contributed by atoms with Gasteiger partial charge in [0.1, 0.15) is 0 Å². The molecule has 0 spiro atoms. The number of methoxy groups -OCH3 is 1. The van der Waals surface area contributed by atoms with Crippen molar-refractivity contribution >= 4 is 11.9 Å². The number of rotatable bonds is 6. The van der Waals surface area contributed by atoms with Gasteiger partial charge in [-0.3, -0.25) is 4.79 Å². The molecule has 25 heavy (non-hydrogen) atoms. The zero-order chi connectivity index (χ0) is 17.6. The average Bonchev–Trinajstić information content (AvgIpc) is 3.09. The van der Waals surface area contributed by atoms with Crippen LogP contribution in [0.3, 0.4) is 0 Å². The van der Waals surface area contributed by atoms with Crippen LogP contribution in [0.1, 0.15) is 24.8 Å². The predicted octanol–water partition coefficient (Wildman–Crippen LogP) is 1.41. The molecule has 8 nitrogen and oxygen atoms in total. The maximum Gasteiger partial charge on any atom is 0.247 e. The van der Waals surface area contributed by atoms with E-state index in [1.807, 2.05) is 36.1 Å². The van der Waals surface area contributed by atoms with Gasteiger partial charge in [-0.1, -0.05) is 22.8 Å². The molecule has 134 valence electrons. The van der Waals surface area contributed by atoms with E-state index in [2.05, 4.69) is 20.8 Å². The summed E-state index contributed by atoms with van der Waals surface area (Å²) in [4.78, 5) is 13.9. The molecule has 8 heteroatoms. The third-order valence-corrected chi connectivity index (χ3v) is 4.45. The fraction of sp³-hybridized carbons (Fsp3) is 0.529. The Hall–Kier alpha value is -2.48. The smallest absolute Gasteiger partial charge is 0.247 e. The number of likely N-dealkylation sites (tertiary alicyclic amines) is 1. The molecule has 0 bridgehead atoms. The summed E-state index contributed by atoms with van der Waals surface area (Å²) in [6, 6.07) is 8.30. The second kappa shape index (κ2) is 8.06. The minimum absolute atomic E-state index is 0.157. The number of carbonyl (C=O) groups excluding carboxylic acids is 1. The van der Waals surface area contributed by atoms with Gasteiger partial charge in [0.05, 0.1) is 18.7 Å². The summed E-state index contributed by atoms with van der Waals surface area (Å²) in [6.45, 7) is 4.01. The van der Waals surface area contributed by atoms with Crippen LogP contribution < -0.4 is 5.32 Å². The van der Waals surface area contributed by atoms with Crippen molar-refractivity contribution in [2.24, 2.45) is 0 Å². The summed E-state index contributed by atoms with van der Waals surface area (Å²) in [5, 5.41) is 15.4. The topological polar surface area (TPSA) is 85.2 Å². The van der Waals surface area contributed by atoms with E-state index in [9.17, 15) is 4.79 Å². The Morgan fingerprint density at radius 3 is 2.68 bits per heavy atom. The SMILES string of the molecule is COCCC(=O)N1CCC(Nc2nnnn2-c2ccc(C)cc2)CC1. The van der Waals surface area contributed by atoms with Gasteiger partial charge in [0.15, 0.2) is 0 Å². The molecule has 2 heterocycles. The summed E-state index contributed by atoms with van der Waals surface area (Å²) >= 11 is 0. The molecule has 0 unspecified atom stereocenters. The van der Waals surface area contributed by atoms with Crippen LogP contribution in [0.2, 0.25) is 0 Å². The normalized spacial score (nSPS) is 15.4. The van der Waals surface area contributed by atoms with E-state index >= 15 is 0 Å². The van der Waals surface area contributed by atoms with Gasteiger partial charge >= 0.3 is 0 Å². The zero-order valence-electron chi connectivity index (χ0n) is 14.7. The molecular formula is C17H24N6O2. The number of aromatic nitrogens is 4. The van der Waals surface area contributed by atoms with Gasteiger partial charge in [-0.2, -0.15) is 4.68 Å². The fourth-order valence-corrected chi connectivity index (χ4v) is 2.94. The highest BCUT2D eigenvalue weighted by molar-refractivity contribution is 5.76. The molecule has 1 aromatic heterocycles. The van der Waals surface area contributed by atoms with E-state index in [1.165, 1.54) is 5.56 Å². The van der Waals surface area contributed by atoms with Crippen LogP contribution in [0.5, 0.6) is 0 Å². The van der Waals surface area contributed by atoms with Crippen LogP contribution in [0, 0.1) is 6.92 Å². The Bertz CT molecular complexity index is 691. The van der Waals surface area contributed by atoms with Crippen molar-refractivity contribution in [2.75, 3.05) is 32.1 Å². The number of nitrogens with one attached hydrogen (secondary N) is 1. The molecule has 1 aromatic carbocycles. The number of anilines is 1. The molecule has 1 fully saturated rings. The van der Waals surface area contributed by atoms with E-state index in [4.69, 9.17) is 4.74 Å². The molecule has 0 atom stereocenters. The highest BCUT2D eigenvalue weighted by Gasteiger charge is 2.23.